The van der Waals surface area contributed by atoms with Gasteiger partial charge in [0.25, 0.3) is 0 Å². The zero-order valence-corrected chi connectivity index (χ0v) is 23.1. The molecule has 2 heterocycles. The Bertz CT molecular complexity index is 1590. The van der Waals surface area contributed by atoms with E-state index in [1.54, 1.807) is 19.9 Å². The van der Waals surface area contributed by atoms with Gasteiger partial charge in [-0.1, -0.05) is 46.4 Å². The first kappa shape index (κ1) is 30.0. The average Bonchev–Trinajstić information content (AvgIpc) is 2.81. The Morgan fingerprint density at radius 2 is 1.15 bits per heavy atom. The predicted molar refractivity (Wildman–Crippen MR) is 139 cm³/mol. The van der Waals surface area contributed by atoms with Crippen molar-refractivity contribution in [2.24, 2.45) is 0 Å². The Kier molecular flexibility index (Phi) is 8.38. The number of nitrogens with zero attached hydrogens (tertiary/aromatic N) is 2. The summed E-state index contributed by atoms with van der Waals surface area (Å²) in [7, 11) is 0. The van der Waals surface area contributed by atoms with Crippen LogP contribution in [0.4, 0.5) is 26.3 Å². The van der Waals surface area contributed by atoms with Crippen molar-refractivity contribution in [2.45, 2.75) is 26.2 Å². The number of benzene rings is 2. The molecular formula is C26H13Cl4F6N2O2. The van der Waals surface area contributed by atoms with Crippen LogP contribution in [0.2, 0.25) is 20.1 Å². The molecule has 0 aliphatic heterocycles. The van der Waals surface area contributed by atoms with Crippen molar-refractivity contribution in [1.82, 2.24) is 9.97 Å². The van der Waals surface area contributed by atoms with E-state index in [4.69, 9.17) is 55.9 Å². The van der Waals surface area contributed by atoms with Gasteiger partial charge in [-0.3, -0.25) is 0 Å². The number of aromatic nitrogens is 2. The zero-order valence-electron chi connectivity index (χ0n) is 20.0. The van der Waals surface area contributed by atoms with Gasteiger partial charge in [0.1, 0.15) is 15.8 Å². The lowest BCUT2D eigenvalue weighted by molar-refractivity contribution is -0.138. The molecule has 0 amide bonds. The minimum Gasteiger partial charge on any atom is -0.437 e. The number of alkyl halides is 6. The molecule has 0 aliphatic rings. The second-order valence-corrected chi connectivity index (χ2v) is 9.94. The predicted octanol–water partition coefficient (Wildman–Crippen LogP) is 10.8. The van der Waals surface area contributed by atoms with E-state index < -0.39 is 28.5 Å². The fourth-order valence-electron chi connectivity index (χ4n) is 3.60. The average molecular weight is 641 g/mol. The standard InChI is InChI=1S/C26H13Cl4F6N2O2/c1-11-3-12(2)21(20(4-11)39-23-18(29)7-14(9-37-23)25(31,32)33)13-5-16(27)22(17(28)6-13)40-24-19(30)8-15(10-38-24)26(34,35)36/h4-10H,1-2H3. The van der Waals surface area contributed by atoms with Crippen LogP contribution in [-0.4, -0.2) is 9.97 Å². The monoisotopic (exact) mass is 639 g/mol. The number of ether oxygens (including phenoxy) is 2. The maximum Gasteiger partial charge on any atom is 0.417 e. The topological polar surface area (TPSA) is 44.2 Å². The van der Waals surface area contributed by atoms with E-state index in [9.17, 15) is 26.3 Å². The summed E-state index contributed by atoms with van der Waals surface area (Å²) in [4.78, 5) is 7.32. The minimum atomic E-state index is -4.66. The number of hydrogen-bond acceptors (Lipinski definition) is 4. The molecule has 2 aromatic carbocycles. The highest BCUT2D eigenvalue weighted by Gasteiger charge is 2.33. The van der Waals surface area contributed by atoms with E-state index in [1.165, 1.54) is 12.1 Å². The van der Waals surface area contributed by atoms with Crippen LogP contribution in [0.1, 0.15) is 22.3 Å². The third kappa shape index (κ3) is 6.52. The summed E-state index contributed by atoms with van der Waals surface area (Å²) in [5, 5.41) is -0.912. The number of hydrogen-bond donors (Lipinski definition) is 0. The summed E-state index contributed by atoms with van der Waals surface area (Å²) in [6, 6.07) is 8.88. The van der Waals surface area contributed by atoms with Crippen molar-refractivity contribution >= 4 is 46.4 Å². The molecule has 0 fully saturated rings. The van der Waals surface area contributed by atoms with Gasteiger partial charge < -0.3 is 9.47 Å². The summed E-state index contributed by atoms with van der Waals surface area (Å²) in [5.41, 5.74) is -0.120. The van der Waals surface area contributed by atoms with Crippen molar-refractivity contribution in [2.75, 3.05) is 0 Å². The molecule has 2 aromatic heterocycles. The normalized spacial score (nSPS) is 12.0. The second kappa shape index (κ2) is 11.2. The molecular weight excluding hydrogens is 628 g/mol. The molecule has 0 saturated carbocycles. The lowest BCUT2D eigenvalue weighted by atomic mass is 9.97. The van der Waals surface area contributed by atoms with E-state index >= 15 is 0 Å². The largest absolute Gasteiger partial charge is 0.437 e. The lowest BCUT2D eigenvalue weighted by Gasteiger charge is -2.17. The molecule has 40 heavy (non-hydrogen) atoms. The summed E-state index contributed by atoms with van der Waals surface area (Å²) >= 11 is 24.8. The van der Waals surface area contributed by atoms with Gasteiger partial charge in [0, 0.05) is 18.0 Å². The Labute approximate surface area is 243 Å². The molecule has 4 aromatic rings. The first-order valence-electron chi connectivity index (χ1n) is 10.9. The van der Waals surface area contributed by atoms with Gasteiger partial charge >= 0.3 is 12.4 Å². The maximum absolute atomic E-state index is 13.0. The number of pyridine rings is 2. The van der Waals surface area contributed by atoms with Crippen LogP contribution < -0.4 is 9.47 Å². The van der Waals surface area contributed by atoms with E-state index in [-0.39, 0.29) is 38.3 Å². The molecule has 0 unspecified atom stereocenters. The van der Waals surface area contributed by atoms with Crippen molar-refractivity contribution < 1.29 is 35.8 Å². The fraction of sp³-hybridized carbons (Fsp3) is 0.154. The highest BCUT2D eigenvalue weighted by atomic mass is 35.5. The summed E-state index contributed by atoms with van der Waals surface area (Å²) in [5.74, 6) is -0.611. The van der Waals surface area contributed by atoms with E-state index in [1.807, 2.05) is 0 Å². The molecule has 4 rings (SSSR count). The number of aryl methyl sites for hydroxylation is 2. The van der Waals surface area contributed by atoms with Gasteiger partial charge in [-0.15, -0.1) is 0 Å². The Morgan fingerprint density at radius 3 is 1.60 bits per heavy atom. The fourth-order valence-corrected chi connectivity index (χ4v) is 4.57. The molecule has 0 aliphatic carbocycles. The van der Waals surface area contributed by atoms with Crippen LogP contribution >= 0.6 is 46.4 Å². The first-order chi connectivity index (χ1) is 18.5. The molecule has 0 bridgehead atoms. The highest BCUT2D eigenvalue weighted by molar-refractivity contribution is 6.38. The molecule has 0 N–H and O–H groups in total. The van der Waals surface area contributed by atoms with E-state index in [0.717, 1.165) is 0 Å². The third-order valence-electron chi connectivity index (χ3n) is 5.32. The number of halogens is 10. The Balaban J connectivity index is 1.72. The molecule has 4 nitrogen and oxygen atoms in total. The Morgan fingerprint density at radius 1 is 0.675 bits per heavy atom. The van der Waals surface area contributed by atoms with Gasteiger partial charge in [-0.25, -0.2) is 9.97 Å². The molecule has 1 radical (unpaired) electrons. The van der Waals surface area contributed by atoms with Gasteiger partial charge in [-0.2, -0.15) is 26.3 Å². The van der Waals surface area contributed by atoms with E-state index in [2.05, 4.69) is 16.0 Å². The van der Waals surface area contributed by atoms with Gasteiger partial charge in [0.15, 0.2) is 5.75 Å². The lowest BCUT2D eigenvalue weighted by Crippen LogP contribution is -2.06. The maximum atomic E-state index is 13.0. The van der Waals surface area contributed by atoms with Crippen LogP contribution in [0.15, 0.2) is 42.7 Å². The van der Waals surface area contributed by atoms with Crippen LogP contribution in [0.25, 0.3) is 11.1 Å². The minimum absolute atomic E-state index is 0.0584. The SMILES string of the molecule is Cc1[c]c(C)c(-c2cc(Cl)c(Oc3ncc(C(F)(F)F)cc3Cl)c(Cl)c2)c(Oc2ncc(C(F)(F)F)cc2Cl)c1. The van der Waals surface area contributed by atoms with Gasteiger partial charge in [0.2, 0.25) is 11.8 Å². The van der Waals surface area contributed by atoms with Crippen LogP contribution in [0.5, 0.6) is 23.3 Å². The molecule has 0 spiro atoms. The van der Waals surface area contributed by atoms with Crippen molar-refractivity contribution in [3.63, 3.8) is 0 Å². The zero-order chi connectivity index (χ0) is 29.6. The highest BCUT2D eigenvalue weighted by Crippen LogP contribution is 2.45. The quantitative estimate of drug-likeness (QED) is 0.204. The summed E-state index contributed by atoms with van der Waals surface area (Å²) < 4.78 is 89.2. The smallest absolute Gasteiger partial charge is 0.417 e. The Hall–Kier alpha value is -2.92. The van der Waals surface area contributed by atoms with Gasteiger partial charge in [-0.05, 0) is 66.9 Å². The van der Waals surface area contributed by atoms with Crippen LogP contribution in [0, 0.1) is 19.9 Å². The number of rotatable bonds is 5. The van der Waals surface area contributed by atoms with Crippen LogP contribution in [-0.2, 0) is 12.4 Å². The second-order valence-electron chi connectivity index (χ2n) is 8.31. The van der Waals surface area contributed by atoms with Crippen molar-refractivity contribution in [3.05, 3.63) is 91.1 Å². The molecule has 0 atom stereocenters. The summed E-state index contributed by atoms with van der Waals surface area (Å²) in [6.45, 7) is 3.43. The third-order valence-corrected chi connectivity index (χ3v) is 6.42. The van der Waals surface area contributed by atoms with Gasteiger partial charge in [0.05, 0.1) is 21.2 Å². The van der Waals surface area contributed by atoms with Crippen molar-refractivity contribution in [1.29, 1.82) is 0 Å². The molecule has 14 heteroatoms. The van der Waals surface area contributed by atoms with Crippen LogP contribution in [0.3, 0.4) is 0 Å². The first-order valence-corrected chi connectivity index (χ1v) is 12.4. The summed E-state index contributed by atoms with van der Waals surface area (Å²) in [6.07, 6.45) is -8.16. The molecule has 209 valence electrons. The van der Waals surface area contributed by atoms with E-state index in [0.29, 0.717) is 46.8 Å². The van der Waals surface area contributed by atoms with Crippen molar-refractivity contribution in [3.8, 4) is 34.4 Å². The molecule has 0 saturated heterocycles.